The molecule has 2 fully saturated rings. The maximum atomic E-state index is 13.0. The van der Waals surface area contributed by atoms with Gasteiger partial charge in [0.25, 0.3) is 5.91 Å². The lowest BCUT2D eigenvalue weighted by molar-refractivity contribution is -0.137. The molecule has 0 aromatic heterocycles. The molecule has 4 nitrogen and oxygen atoms in total. The van der Waals surface area contributed by atoms with Crippen molar-refractivity contribution in [2.45, 2.75) is 44.3 Å². The van der Waals surface area contributed by atoms with Gasteiger partial charge in [-0.15, -0.1) is 0 Å². The zero-order chi connectivity index (χ0) is 24.3. The summed E-state index contributed by atoms with van der Waals surface area (Å²) in [4.78, 5) is 14.3. The molecule has 4 rings (SSSR count). The van der Waals surface area contributed by atoms with Crippen molar-refractivity contribution in [2.24, 2.45) is 5.92 Å². The molecular formula is C25H28ClF3N2O2S. The summed E-state index contributed by atoms with van der Waals surface area (Å²) in [6.45, 7) is 2.56. The Morgan fingerprint density at radius 3 is 2.53 bits per heavy atom. The van der Waals surface area contributed by atoms with Gasteiger partial charge in [0.2, 0.25) is 0 Å². The summed E-state index contributed by atoms with van der Waals surface area (Å²) in [5.74, 6) is 1.58. The molecule has 2 aromatic rings. The van der Waals surface area contributed by atoms with Gasteiger partial charge in [-0.2, -0.15) is 13.2 Å². The van der Waals surface area contributed by atoms with E-state index >= 15 is 0 Å². The van der Waals surface area contributed by atoms with Crippen molar-refractivity contribution < 1.29 is 22.7 Å². The Bertz CT molecular complexity index is 1020. The third-order valence-electron chi connectivity index (χ3n) is 6.43. The molecule has 1 saturated heterocycles. The second-order valence-corrected chi connectivity index (χ2v) is 10.0. The third kappa shape index (κ3) is 6.40. The number of rotatable bonds is 8. The topological polar surface area (TPSA) is 41.6 Å². The first-order valence-corrected chi connectivity index (χ1v) is 13.0. The normalized spacial score (nSPS) is 17.6. The fourth-order valence-corrected chi connectivity index (χ4v) is 4.80. The predicted octanol–water partition coefficient (Wildman–Crippen LogP) is 6.54. The van der Waals surface area contributed by atoms with E-state index in [2.05, 4.69) is 9.62 Å². The number of likely N-dealkylation sites (tertiary alicyclic amines) is 1. The van der Waals surface area contributed by atoms with E-state index in [1.54, 1.807) is 6.07 Å². The quantitative estimate of drug-likeness (QED) is 0.408. The van der Waals surface area contributed by atoms with Crippen molar-refractivity contribution in [3.63, 3.8) is 0 Å². The average molecular weight is 513 g/mol. The van der Waals surface area contributed by atoms with Crippen molar-refractivity contribution in [1.29, 1.82) is 0 Å². The van der Waals surface area contributed by atoms with Gasteiger partial charge in [0.1, 0.15) is 5.75 Å². The molecule has 184 valence electrons. The first-order valence-electron chi connectivity index (χ1n) is 11.4. The van der Waals surface area contributed by atoms with Gasteiger partial charge in [0, 0.05) is 23.4 Å². The van der Waals surface area contributed by atoms with Gasteiger partial charge < -0.3 is 4.74 Å². The summed E-state index contributed by atoms with van der Waals surface area (Å²) in [5.41, 5.74) is 1.58. The maximum Gasteiger partial charge on any atom is 0.416 e. The highest BCUT2D eigenvalue weighted by molar-refractivity contribution is 7.97. The SMILES string of the molecule is CSNC(=O)c1ccc(OCC2CCN(Cc3cc(C(F)(F)F)ccc3Cl)CC2)c(C2CC2)c1. The van der Waals surface area contributed by atoms with Crippen LogP contribution in [0.15, 0.2) is 36.4 Å². The van der Waals surface area contributed by atoms with Crippen LogP contribution in [0.5, 0.6) is 5.75 Å². The van der Waals surface area contributed by atoms with E-state index in [1.165, 1.54) is 18.0 Å². The highest BCUT2D eigenvalue weighted by Gasteiger charge is 2.31. The molecule has 0 bridgehead atoms. The maximum absolute atomic E-state index is 13.0. The minimum Gasteiger partial charge on any atom is -0.493 e. The zero-order valence-corrected chi connectivity index (χ0v) is 20.5. The number of alkyl halides is 3. The lowest BCUT2D eigenvalue weighted by Gasteiger charge is -2.32. The van der Waals surface area contributed by atoms with Gasteiger partial charge in [-0.1, -0.05) is 23.5 Å². The van der Waals surface area contributed by atoms with Gasteiger partial charge in [-0.3, -0.25) is 14.4 Å². The molecule has 9 heteroatoms. The predicted molar refractivity (Wildman–Crippen MR) is 129 cm³/mol. The molecule has 1 amide bonds. The highest BCUT2D eigenvalue weighted by Crippen LogP contribution is 2.45. The molecule has 34 heavy (non-hydrogen) atoms. The van der Waals surface area contributed by atoms with Gasteiger partial charge in [0.05, 0.1) is 12.2 Å². The Balaban J connectivity index is 1.31. The van der Waals surface area contributed by atoms with E-state index in [4.69, 9.17) is 16.3 Å². The molecule has 1 N–H and O–H groups in total. The number of hydrogen-bond donors (Lipinski definition) is 1. The van der Waals surface area contributed by atoms with Crippen LogP contribution in [0, 0.1) is 5.92 Å². The van der Waals surface area contributed by atoms with Crippen molar-refractivity contribution in [2.75, 3.05) is 26.0 Å². The number of carbonyl (C=O) groups excluding carboxylic acids is 1. The number of halogens is 4. The minimum atomic E-state index is -4.38. The first-order chi connectivity index (χ1) is 16.2. The van der Waals surface area contributed by atoms with E-state index in [1.807, 2.05) is 18.4 Å². The van der Waals surface area contributed by atoms with Crippen molar-refractivity contribution in [3.8, 4) is 5.75 Å². The summed E-state index contributed by atoms with van der Waals surface area (Å²) in [5, 5.41) is 0.362. The fraction of sp³-hybridized carbons (Fsp3) is 0.480. The van der Waals surface area contributed by atoms with Crippen LogP contribution in [0.1, 0.15) is 58.6 Å². The standard InChI is InChI=1S/C25H28ClF3N2O2S/c1-34-30-24(32)18-4-7-23(21(13-18)17-2-3-17)33-15-16-8-10-31(11-9-16)14-19-12-20(25(27,28)29)5-6-22(19)26/h4-7,12-13,16-17H,2-3,8-11,14-15H2,1H3,(H,30,32). The van der Waals surface area contributed by atoms with Crippen LogP contribution in [0.3, 0.4) is 0 Å². The molecule has 1 saturated carbocycles. The van der Waals surface area contributed by atoms with E-state index in [0.717, 1.165) is 62.2 Å². The monoisotopic (exact) mass is 512 g/mol. The summed E-state index contributed by atoms with van der Waals surface area (Å²) in [7, 11) is 0. The Morgan fingerprint density at radius 2 is 1.88 bits per heavy atom. The van der Waals surface area contributed by atoms with E-state index in [-0.39, 0.29) is 5.91 Å². The minimum absolute atomic E-state index is 0.103. The van der Waals surface area contributed by atoms with Crippen LogP contribution in [-0.4, -0.2) is 36.8 Å². The number of nitrogens with one attached hydrogen (secondary N) is 1. The number of benzene rings is 2. The van der Waals surface area contributed by atoms with Crippen molar-refractivity contribution in [1.82, 2.24) is 9.62 Å². The average Bonchev–Trinajstić information content (AvgIpc) is 3.65. The number of nitrogens with zero attached hydrogens (tertiary/aromatic N) is 1. The lowest BCUT2D eigenvalue weighted by Crippen LogP contribution is -2.35. The molecule has 2 aliphatic rings. The Morgan fingerprint density at radius 1 is 1.15 bits per heavy atom. The Hall–Kier alpha value is -1.90. The van der Waals surface area contributed by atoms with E-state index in [9.17, 15) is 18.0 Å². The smallest absolute Gasteiger partial charge is 0.416 e. The summed E-state index contributed by atoms with van der Waals surface area (Å²) in [6, 6.07) is 9.14. The molecular weight excluding hydrogens is 485 g/mol. The molecule has 0 spiro atoms. The van der Waals surface area contributed by atoms with Crippen molar-refractivity contribution >= 4 is 29.5 Å². The second kappa shape index (κ2) is 10.8. The summed E-state index contributed by atoms with van der Waals surface area (Å²) in [6.07, 6.45) is 1.48. The van der Waals surface area contributed by atoms with Crippen LogP contribution in [0.4, 0.5) is 13.2 Å². The largest absolute Gasteiger partial charge is 0.493 e. The molecule has 0 atom stereocenters. The van der Waals surface area contributed by atoms with E-state index < -0.39 is 11.7 Å². The molecule has 1 heterocycles. The molecule has 2 aromatic carbocycles. The molecule has 0 radical (unpaired) electrons. The molecule has 1 aliphatic heterocycles. The van der Waals surface area contributed by atoms with Crippen LogP contribution in [-0.2, 0) is 12.7 Å². The van der Waals surface area contributed by atoms with Gasteiger partial charge in [-0.25, -0.2) is 0 Å². The Labute approximate surface area is 207 Å². The fourth-order valence-electron chi connectivity index (χ4n) is 4.32. The van der Waals surface area contributed by atoms with Crippen LogP contribution < -0.4 is 9.46 Å². The van der Waals surface area contributed by atoms with Gasteiger partial charge in [-0.05, 0) is 98.1 Å². The zero-order valence-electron chi connectivity index (χ0n) is 19.0. The van der Waals surface area contributed by atoms with E-state index in [0.29, 0.717) is 41.1 Å². The number of carbonyl (C=O) groups is 1. The van der Waals surface area contributed by atoms with Crippen LogP contribution in [0.25, 0.3) is 0 Å². The lowest BCUT2D eigenvalue weighted by atomic mass is 9.97. The molecule has 0 unspecified atom stereocenters. The highest BCUT2D eigenvalue weighted by atomic mass is 35.5. The Kier molecular flexibility index (Phi) is 8.00. The number of ether oxygens (including phenoxy) is 1. The molecule has 1 aliphatic carbocycles. The first kappa shape index (κ1) is 25.2. The number of hydrogen-bond acceptors (Lipinski definition) is 4. The van der Waals surface area contributed by atoms with Crippen LogP contribution in [0.2, 0.25) is 5.02 Å². The second-order valence-electron chi connectivity index (χ2n) is 9.00. The summed E-state index contributed by atoms with van der Waals surface area (Å²) >= 11 is 7.44. The van der Waals surface area contributed by atoms with Crippen molar-refractivity contribution in [3.05, 3.63) is 63.7 Å². The number of amides is 1. The van der Waals surface area contributed by atoms with Gasteiger partial charge in [0.15, 0.2) is 0 Å². The van der Waals surface area contributed by atoms with Gasteiger partial charge >= 0.3 is 6.18 Å². The number of piperidine rings is 1. The third-order valence-corrected chi connectivity index (χ3v) is 7.19. The summed E-state index contributed by atoms with van der Waals surface area (Å²) < 4.78 is 48.1. The van der Waals surface area contributed by atoms with Crippen LogP contribution >= 0.6 is 23.5 Å².